The molecule has 0 aromatic heterocycles. The number of halogens is 2. The van der Waals surface area contributed by atoms with Crippen LogP contribution in [0.3, 0.4) is 0 Å². The first-order valence-corrected chi connectivity index (χ1v) is 7.70. The lowest BCUT2D eigenvalue weighted by Gasteiger charge is -2.14. The van der Waals surface area contributed by atoms with E-state index in [0.29, 0.717) is 21.7 Å². The summed E-state index contributed by atoms with van der Waals surface area (Å²) in [6.45, 7) is -0.186. The second-order valence-corrected chi connectivity index (χ2v) is 5.64. The predicted molar refractivity (Wildman–Crippen MR) is 89.3 cm³/mol. The van der Waals surface area contributed by atoms with Gasteiger partial charge in [-0.15, -0.1) is 0 Å². The van der Waals surface area contributed by atoms with Crippen molar-refractivity contribution in [2.24, 2.45) is 0 Å². The van der Waals surface area contributed by atoms with Gasteiger partial charge in [0.2, 0.25) is 5.75 Å². The molecule has 0 saturated carbocycles. The molecule has 0 aliphatic heterocycles. The second-order valence-electron chi connectivity index (χ2n) is 4.73. The zero-order valence-corrected chi connectivity index (χ0v) is 15.0. The Morgan fingerprint density at radius 1 is 1.04 bits per heavy atom. The van der Waals surface area contributed by atoms with Gasteiger partial charge in [-0.05, 0) is 24.3 Å². The van der Waals surface area contributed by atoms with Crippen molar-refractivity contribution in [1.82, 2.24) is 0 Å². The minimum absolute atomic E-state index is 0.186. The smallest absolute Gasteiger partial charge is 0.338 e. The number of carbonyl (C=O) groups is 1. The first kappa shape index (κ1) is 18.1. The normalized spacial score (nSPS) is 10.2. The van der Waals surface area contributed by atoms with Gasteiger partial charge in [0.05, 0.1) is 26.9 Å². The molecule has 2 aromatic carbocycles. The monoisotopic (exact) mass is 398 g/mol. The van der Waals surface area contributed by atoms with E-state index in [1.165, 1.54) is 39.5 Å². The van der Waals surface area contributed by atoms with Crippen molar-refractivity contribution in [3.8, 4) is 17.2 Å². The summed E-state index contributed by atoms with van der Waals surface area (Å²) in [5.41, 5.74) is 0.487. The van der Waals surface area contributed by atoms with E-state index in [9.17, 15) is 9.18 Å². The maximum absolute atomic E-state index is 13.8. The number of hydrogen-bond donors (Lipinski definition) is 0. The van der Waals surface area contributed by atoms with Gasteiger partial charge >= 0.3 is 5.97 Å². The molecule has 0 fully saturated rings. The SMILES string of the molecule is COc1cc(C(=O)OCc2ccc(Br)cc2F)cc(OC)c1OC. The number of methoxy groups -OCH3 is 3. The molecule has 0 radical (unpaired) electrons. The number of benzene rings is 2. The van der Waals surface area contributed by atoms with Crippen LogP contribution in [0.5, 0.6) is 17.2 Å². The third-order valence-corrected chi connectivity index (χ3v) is 3.77. The van der Waals surface area contributed by atoms with Crippen molar-refractivity contribution in [3.05, 3.63) is 51.7 Å². The molecular weight excluding hydrogens is 383 g/mol. The highest BCUT2D eigenvalue weighted by Crippen LogP contribution is 2.38. The molecule has 5 nitrogen and oxygen atoms in total. The fourth-order valence-electron chi connectivity index (χ4n) is 2.06. The number of hydrogen-bond acceptors (Lipinski definition) is 5. The van der Waals surface area contributed by atoms with Crippen LogP contribution >= 0.6 is 15.9 Å². The van der Waals surface area contributed by atoms with Crippen molar-refractivity contribution in [3.63, 3.8) is 0 Å². The Labute approximate surface area is 147 Å². The van der Waals surface area contributed by atoms with Gasteiger partial charge in [0.15, 0.2) is 11.5 Å². The van der Waals surface area contributed by atoms with E-state index in [4.69, 9.17) is 18.9 Å². The van der Waals surface area contributed by atoms with Gasteiger partial charge in [0, 0.05) is 10.0 Å². The van der Waals surface area contributed by atoms with Gasteiger partial charge in [-0.1, -0.05) is 22.0 Å². The van der Waals surface area contributed by atoms with Gasteiger partial charge in [-0.2, -0.15) is 0 Å². The molecule has 128 valence electrons. The van der Waals surface area contributed by atoms with Crippen molar-refractivity contribution in [2.45, 2.75) is 6.61 Å². The van der Waals surface area contributed by atoms with Crippen molar-refractivity contribution in [1.29, 1.82) is 0 Å². The molecule has 0 amide bonds. The zero-order chi connectivity index (χ0) is 17.7. The first-order chi connectivity index (χ1) is 11.5. The van der Waals surface area contributed by atoms with E-state index in [1.807, 2.05) is 0 Å². The summed E-state index contributed by atoms with van der Waals surface area (Å²) in [6.07, 6.45) is 0. The molecule has 2 aromatic rings. The van der Waals surface area contributed by atoms with Crippen LogP contribution in [0.2, 0.25) is 0 Å². The molecule has 0 N–H and O–H groups in total. The molecule has 0 saturated heterocycles. The summed E-state index contributed by atoms with van der Waals surface area (Å²) in [6, 6.07) is 7.47. The molecule has 0 unspecified atom stereocenters. The maximum Gasteiger partial charge on any atom is 0.338 e. The van der Waals surface area contributed by atoms with Crippen LogP contribution in [0, 0.1) is 5.82 Å². The molecule has 0 bridgehead atoms. The molecule has 0 aliphatic rings. The van der Waals surface area contributed by atoms with Crippen LogP contribution in [-0.4, -0.2) is 27.3 Å². The zero-order valence-electron chi connectivity index (χ0n) is 13.4. The second kappa shape index (κ2) is 8.01. The van der Waals surface area contributed by atoms with Gasteiger partial charge in [0.1, 0.15) is 12.4 Å². The van der Waals surface area contributed by atoms with Crippen LogP contribution in [0.4, 0.5) is 4.39 Å². The standard InChI is InChI=1S/C17H16BrFO5/c1-21-14-6-11(7-15(22-2)16(14)23-3)17(20)24-9-10-4-5-12(18)8-13(10)19/h4-8H,9H2,1-3H3. The fraction of sp³-hybridized carbons (Fsp3) is 0.235. The van der Waals surface area contributed by atoms with Crippen LogP contribution in [-0.2, 0) is 11.3 Å². The average molecular weight is 399 g/mol. The summed E-state index contributed by atoms with van der Waals surface area (Å²) in [4.78, 5) is 12.2. The number of rotatable bonds is 6. The lowest BCUT2D eigenvalue weighted by Crippen LogP contribution is -2.07. The summed E-state index contributed by atoms with van der Waals surface area (Å²) < 4.78 is 35.1. The molecular formula is C17H16BrFO5. The van der Waals surface area contributed by atoms with E-state index in [0.717, 1.165) is 0 Å². The summed E-state index contributed by atoms with van der Waals surface area (Å²) in [5, 5.41) is 0. The molecule has 0 aliphatic carbocycles. The first-order valence-electron chi connectivity index (χ1n) is 6.91. The van der Waals surface area contributed by atoms with Crippen LogP contribution < -0.4 is 14.2 Å². The van der Waals surface area contributed by atoms with E-state index >= 15 is 0 Å². The lowest BCUT2D eigenvalue weighted by molar-refractivity contribution is 0.0468. The van der Waals surface area contributed by atoms with E-state index in [1.54, 1.807) is 12.1 Å². The topological polar surface area (TPSA) is 54.0 Å². The van der Waals surface area contributed by atoms with Crippen molar-refractivity contribution in [2.75, 3.05) is 21.3 Å². The summed E-state index contributed by atoms with van der Waals surface area (Å²) in [7, 11) is 4.36. The molecule has 7 heteroatoms. The van der Waals surface area contributed by atoms with Gasteiger partial charge in [-0.3, -0.25) is 0 Å². The Bertz CT molecular complexity index is 723. The van der Waals surface area contributed by atoms with E-state index in [2.05, 4.69) is 15.9 Å². The third kappa shape index (κ3) is 3.97. The molecule has 2 rings (SSSR count). The summed E-state index contributed by atoms with van der Waals surface area (Å²) in [5.74, 6) is -0.0496. The number of esters is 1. The highest BCUT2D eigenvalue weighted by molar-refractivity contribution is 9.10. The van der Waals surface area contributed by atoms with Crippen LogP contribution in [0.15, 0.2) is 34.8 Å². The fourth-order valence-corrected chi connectivity index (χ4v) is 2.40. The molecule has 0 spiro atoms. The highest BCUT2D eigenvalue weighted by atomic mass is 79.9. The van der Waals surface area contributed by atoms with Crippen LogP contribution in [0.25, 0.3) is 0 Å². The van der Waals surface area contributed by atoms with Crippen molar-refractivity contribution >= 4 is 21.9 Å². The number of ether oxygens (including phenoxy) is 4. The van der Waals surface area contributed by atoms with Gasteiger partial charge in [-0.25, -0.2) is 9.18 Å². The Morgan fingerprint density at radius 3 is 2.17 bits per heavy atom. The Kier molecular flexibility index (Phi) is 6.03. The average Bonchev–Trinajstić information content (AvgIpc) is 2.59. The van der Waals surface area contributed by atoms with Crippen molar-refractivity contribution < 1.29 is 28.1 Å². The minimum Gasteiger partial charge on any atom is -0.493 e. The summed E-state index contributed by atoms with van der Waals surface area (Å²) >= 11 is 3.17. The largest absolute Gasteiger partial charge is 0.493 e. The van der Waals surface area contributed by atoms with Crippen LogP contribution in [0.1, 0.15) is 15.9 Å². The molecule has 24 heavy (non-hydrogen) atoms. The quantitative estimate of drug-likeness (QED) is 0.689. The van der Waals surface area contributed by atoms with E-state index < -0.39 is 11.8 Å². The van der Waals surface area contributed by atoms with Gasteiger partial charge < -0.3 is 18.9 Å². The number of carbonyl (C=O) groups excluding carboxylic acids is 1. The third-order valence-electron chi connectivity index (χ3n) is 3.27. The Morgan fingerprint density at radius 2 is 1.67 bits per heavy atom. The van der Waals surface area contributed by atoms with E-state index in [-0.39, 0.29) is 17.7 Å². The molecule has 0 atom stereocenters. The lowest BCUT2D eigenvalue weighted by atomic mass is 10.1. The van der Waals surface area contributed by atoms with Gasteiger partial charge in [0.25, 0.3) is 0 Å². The minimum atomic E-state index is -0.628. The predicted octanol–water partition coefficient (Wildman–Crippen LogP) is 3.97. The maximum atomic E-state index is 13.8. The molecule has 0 heterocycles. The Balaban J connectivity index is 2.20. The highest BCUT2D eigenvalue weighted by Gasteiger charge is 2.18. The Hall–Kier alpha value is -2.28.